The minimum Gasteiger partial charge on any atom is -0.478 e. The van der Waals surface area contributed by atoms with Gasteiger partial charge in [-0.2, -0.15) is 10.2 Å². The maximum Gasteiger partial charge on any atom is 0.337 e. The first-order valence-corrected chi connectivity index (χ1v) is 4.32. The van der Waals surface area contributed by atoms with Crippen molar-refractivity contribution in [3.63, 3.8) is 0 Å². The molecular formula is C8H5ClN4O2. The molecule has 0 aliphatic carbocycles. The summed E-state index contributed by atoms with van der Waals surface area (Å²) in [5.74, 6) is -0.781. The monoisotopic (exact) mass is 224 g/mol. The number of halogens is 1. The number of pyridine rings is 1. The summed E-state index contributed by atoms with van der Waals surface area (Å²) in [5, 5.41) is 16.5. The molecule has 0 aliphatic heterocycles. The molecule has 15 heavy (non-hydrogen) atoms. The molecule has 0 aromatic carbocycles. The van der Waals surface area contributed by atoms with Crippen LogP contribution in [0.5, 0.6) is 0 Å². The highest BCUT2D eigenvalue weighted by Crippen LogP contribution is 2.17. The van der Waals surface area contributed by atoms with Gasteiger partial charge in [-0.1, -0.05) is 11.6 Å². The lowest BCUT2D eigenvalue weighted by Gasteiger charge is -2.01. The van der Waals surface area contributed by atoms with E-state index in [4.69, 9.17) is 16.7 Å². The Balaban J connectivity index is 2.48. The van der Waals surface area contributed by atoms with Crippen molar-refractivity contribution in [2.75, 3.05) is 0 Å². The molecule has 0 radical (unpaired) electrons. The first-order valence-electron chi connectivity index (χ1n) is 3.94. The quantitative estimate of drug-likeness (QED) is 0.824. The first kappa shape index (κ1) is 9.60. The standard InChI is InChI=1S/C8H5ClN4O2/c9-6-3-5(8(14)15)4-10-7(6)13-11-1-2-12-13/h1-4H,(H,14,15). The molecule has 2 rings (SSSR count). The third-order valence-corrected chi connectivity index (χ3v) is 1.96. The zero-order chi connectivity index (χ0) is 10.8. The largest absolute Gasteiger partial charge is 0.478 e. The van der Waals surface area contributed by atoms with Crippen LogP contribution < -0.4 is 0 Å². The fourth-order valence-corrected chi connectivity index (χ4v) is 1.26. The van der Waals surface area contributed by atoms with Crippen molar-refractivity contribution < 1.29 is 9.90 Å². The number of carboxylic acid groups (broad SMARTS) is 1. The van der Waals surface area contributed by atoms with Crippen LogP contribution in [0.1, 0.15) is 10.4 Å². The lowest BCUT2D eigenvalue weighted by atomic mass is 10.3. The fraction of sp³-hybridized carbons (Fsp3) is 0. The van der Waals surface area contributed by atoms with E-state index in [1.807, 2.05) is 0 Å². The molecule has 6 nitrogen and oxygen atoms in total. The van der Waals surface area contributed by atoms with Crippen LogP contribution in [-0.4, -0.2) is 31.1 Å². The van der Waals surface area contributed by atoms with Crippen molar-refractivity contribution in [3.8, 4) is 5.82 Å². The fourth-order valence-electron chi connectivity index (χ4n) is 1.02. The van der Waals surface area contributed by atoms with Crippen LogP contribution >= 0.6 is 11.6 Å². The predicted octanol–water partition coefficient (Wildman–Crippen LogP) is 1.01. The number of carbonyl (C=O) groups is 1. The summed E-state index contributed by atoms with van der Waals surface area (Å²) in [6.45, 7) is 0. The van der Waals surface area contributed by atoms with Crippen molar-refractivity contribution in [1.82, 2.24) is 20.0 Å². The van der Waals surface area contributed by atoms with Crippen LogP contribution in [0.25, 0.3) is 5.82 Å². The molecular weight excluding hydrogens is 220 g/mol. The van der Waals surface area contributed by atoms with Gasteiger partial charge in [0.15, 0.2) is 5.82 Å². The number of rotatable bonds is 2. The average Bonchev–Trinajstić information content (AvgIpc) is 2.70. The van der Waals surface area contributed by atoms with Gasteiger partial charge in [0.1, 0.15) is 0 Å². The van der Waals surface area contributed by atoms with Gasteiger partial charge in [0.05, 0.1) is 23.0 Å². The van der Waals surface area contributed by atoms with Gasteiger partial charge < -0.3 is 5.11 Å². The predicted molar refractivity (Wildman–Crippen MR) is 51.1 cm³/mol. The van der Waals surface area contributed by atoms with Gasteiger partial charge in [-0.25, -0.2) is 9.78 Å². The molecule has 0 bridgehead atoms. The lowest BCUT2D eigenvalue weighted by molar-refractivity contribution is 0.0696. The van der Waals surface area contributed by atoms with Gasteiger partial charge in [-0.05, 0) is 6.07 Å². The van der Waals surface area contributed by atoms with E-state index >= 15 is 0 Å². The van der Waals surface area contributed by atoms with Crippen LogP contribution in [0.15, 0.2) is 24.7 Å². The van der Waals surface area contributed by atoms with Gasteiger partial charge >= 0.3 is 5.97 Å². The van der Waals surface area contributed by atoms with Crippen LogP contribution in [0.2, 0.25) is 5.02 Å². The van der Waals surface area contributed by atoms with Crippen molar-refractivity contribution >= 4 is 17.6 Å². The SMILES string of the molecule is O=C(O)c1cnc(-n2nccn2)c(Cl)c1. The molecule has 1 N–H and O–H groups in total. The van der Waals surface area contributed by atoms with Crippen molar-refractivity contribution in [2.45, 2.75) is 0 Å². The Labute approximate surface area is 89.1 Å². The molecule has 2 aromatic heterocycles. The Bertz CT molecular complexity index is 497. The molecule has 0 spiro atoms. The van der Waals surface area contributed by atoms with Gasteiger partial charge in [0.2, 0.25) is 0 Å². The second-order valence-corrected chi connectivity index (χ2v) is 3.06. The molecule has 0 saturated carbocycles. The van der Waals surface area contributed by atoms with Gasteiger partial charge in [0.25, 0.3) is 0 Å². The average molecular weight is 225 g/mol. The smallest absolute Gasteiger partial charge is 0.337 e. The Morgan fingerprint density at radius 2 is 2.07 bits per heavy atom. The Morgan fingerprint density at radius 3 is 2.60 bits per heavy atom. The van der Waals surface area contributed by atoms with E-state index in [2.05, 4.69) is 15.2 Å². The second kappa shape index (κ2) is 3.66. The van der Waals surface area contributed by atoms with Crippen LogP contribution in [0, 0.1) is 0 Å². The number of carboxylic acids is 1. The van der Waals surface area contributed by atoms with Crippen LogP contribution in [0.4, 0.5) is 0 Å². The van der Waals surface area contributed by atoms with Gasteiger partial charge in [0, 0.05) is 6.20 Å². The van der Waals surface area contributed by atoms with E-state index in [9.17, 15) is 4.79 Å². The molecule has 0 amide bonds. The summed E-state index contributed by atoms with van der Waals surface area (Å²) < 4.78 is 0. The Kier molecular flexibility index (Phi) is 2.34. The molecule has 7 heteroatoms. The maximum atomic E-state index is 10.6. The highest BCUT2D eigenvalue weighted by Gasteiger charge is 2.10. The zero-order valence-corrected chi connectivity index (χ0v) is 8.09. The number of aromatic nitrogens is 4. The Morgan fingerprint density at radius 1 is 1.40 bits per heavy atom. The summed E-state index contributed by atoms with van der Waals surface area (Å²) in [7, 11) is 0. The highest BCUT2D eigenvalue weighted by atomic mass is 35.5. The molecule has 0 atom stereocenters. The maximum absolute atomic E-state index is 10.6. The topological polar surface area (TPSA) is 80.9 Å². The minimum absolute atomic E-state index is 0.0240. The van der Waals surface area contributed by atoms with E-state index in [1.165, 1.54) is 29.5 Å². The number of aromatic carboxylic acids is 1. The minimum atomic E-state index is -1.08. The molecule has 2 heterocycles. The van der Waals surface area contributed by atoms with Crippen LogP contribution in [-0.2, 0) is 0 Å². The van der Waals surface area contributed by atoms with Gasteiger partial charge in [-0.3, -0.25) is 0 Å². The van der Waals surface area contributed by atoms with E-state index < -0.39 is 5.97 Å². The summed E-state index contributed by atoms with van der Waals surface area (Å²) in [6.07, 6.45) is 4.15. The summed E-state index contributed by atoms with van der Waals surface area (Å²) in [6, 6.07) is 1.30. The molecule has 0 aliphatic rings. The molecule has 0 fully saturated rings. The highest BCUT2D eigenvalue weighted by molar-refractivity contribution is 6.32. The summed E-state index contributed by atoms with van der Waals surface area (Å²) in [4.78, 5) is 15.7. The first-order chi connectivity index (χ1) is 7.18. The molecule has 2 aromatic rings. The number of hydrogen-bond donors (Lipinski definition) is 1. The van der Waals surface area contributed by atoms with E-state index in [0.717, 1.165) is 0 Å². The summed E-state index contributed by atoms with van der Waals surface area (Å²) >= 11 is 5.84. The normalized spacial score (nSPS) is 10.2. The van der Waals surface area contributed by atoms with Crippen LogP contribution in [0.3, 0.4) is 0 Å². The molecule has 0 saturated heterocycles. The lowest BCUT2D eigenvalue weighted by Crippen LogP contribution is -2.05. The zero-order valence-electron chi connectivity index (χ0n) is 7.33. The molecule has 0 unspecified atom stereocenters. The number of nitrogens with zero attached hydrogens (tertiary/aromatic N) is 4. The molecule has 76 valence electrons. The van der Waals surface area contributed by atoms with E-state index in [0.29, 0.717) is 5.82 Å². The van der Waals surface area contributed by atoms with E-state index in [-0.39, 0.29) is 10.6 Å². The van der Waals surface area contributed by atoms with Gasteiger partial charge in [-0.15, -0.1) is 4.80 Å². The number of hydrogen-bond acceptors (Lipinski definition) is 4. The third-order valence-electron chi connectivity index (χ3n) is 1.68. The van der Waals surface area contributed by atoms with Crippen molar-refractivity contribution in [2.24, 2.45) is 0 Å². The Hall–Kier alpha value is -1.95. The van der Waals surface area contributed by atoms with E-state index in [1.54, 1.807) is 0 Å². The van der Waals surface area contributed by atoms with Crippen molar-refractivity contribution in [3.05, 3.63) is 35.2 Å². The summed E-state index contributed by atoms with van der Waals surface area (Å²) in [5.41, 5.74) is 0.0240. The van der Waals surface area contributed by atoms with Crippen molar-refractivity contribution in [1.29, 1.82) is 0 Å². The second-order valence-electron chi connectivity index (χ2n) is 2.65. The third kappa shape index (κ3) is 1.79.